The molecule has 19 heavy (non-hydrogen) atoms. The van der Waals surface area contributed by atoms with Gasteiger partial charge in [-0.15, -0.1) is 0 Å². The molecule has 0 fully saturated rings. The molecule has 0 saturated heterocycles. The maximum absolute atomic E-state index is 11.9. The van der Waals surface area contributed by atoms with Crippen LogP contribution in [0, 0.1) is 0 Å². The monoisotopic (exact) mass is 256 g/mol. The van der Waals surface area contributed by atoms with Crippen LogP contribution in [-0.4, -0.2) is 28.8 Å². The second-order valence-corrected chi connectivity index (χ2v) is 3.74. The molecule has 2 amide bonds. The third-order valence-corrected chi connectivity index (χ3v) is 2.43. The smallest absolute Gasteiger partial charge is 0.258 e. The van der Waals surface area contributed by atoms with E-state index in [-0.39, 0.29) is 11.8 Å². The zero-order chi connectivity index (χ0) is 13.7. The first kappa shape index (κ1) is 12.7. The Morgan fingerprint density at radius 2 is 1.79 bits per heavy atom. The summed E-state index contributed by atoms with van der Waals surface area (Å²) in [7, 11) is 1.55. The van der Waals surface area contributed by atoms with Crippen molar-refractivity contribution in [2.75, 3.05) is 12.4 Å². The number of carbonyl (C=O) groups is 2. The molecule has 0 aliphatic rings. The van der Waals surface area contributed by atoms with Crippen molar-refractivity contribution in [3.63, 3.8) is 0 Å². The Hall–Kier alpha value is -2.76. The first-order valence-electron chi connectivity index (χ1n) is 5.59. The summed E-state index contributed by atoms with van der Waals surface area (Å²) in [6.45, 7) is 0. The van der Waals surface area contributed by atoms with Crippen LogP contribution in [0.3, 0.4) is 0 Å². The molecule has 2 rings (SSSR count). The van der Waals surface area contributed by atoms with Crippen molar-refractivity contribution in [3.05, 3.63) is 54.1 Å². The first-order valence-corrected chi connectivity index (χ1v) is 5.59. The normalized spacial score (nSPS) is 9.74. The van der Waals surface area contributed by atoms with E-state index in [0.717, 1.165) is 0 Å². The summed E-state index contributed by atoms with van der Waals surface area (Å²) in [5, 5.41) is 5.20. The average Bonchev–Trinajstić information content (AvgIpc) is 2.47. The van der Waals surface area contributed by atoms with Crippen molar-refractivity contribution in [2.45, 2.75) is 0 Å². The molecule has 0 aliphatic carbocycles. The number of hydrogen-bond acceptors (Lipinski definition) is 4. The molecule has 0 atom stereocenters. The van der Waals surface area contributed by atoms with Gasteiger partial charge < -0.3 is 10.6 Å². The van der Waals surface area contributed by atoms with Gasteiger partial charge in [-0.2, -0.15) is 0 Å². The Morgan fingerprint density at radius 3 is 2.47 bits per heavy atom. The highest BCUT2D eigenvalue weighted by atomic mass is 16.2. The molecule has 0 aliphatic heterocycles. The summed E-state index contributed by atoms with van der Waals surface area (Å²) in [5.74, 6) is -0.534. The van der Waals surface area contributed by atoms with E-state index in [1.807, 2.05) is 0 Å². The lowest BCUT2D eigenvalue weighted by Gasteiger charge is -2.06. The first-order chi connectivity index (χ1) is 9.20. The molecule has 6 heteroatoms. The number of benzene rings is 1. The number of carbonyl (C=O) groups excluding carboxylic acids is 2. The SMILES string of the molecule is CNC(=O)c1cccc(NC(=O)c2cncnc2)c1. The third kappa shape index (κ3) is 3.12. The van der Waals surface area contributed by atoms with Crippen LogP contribution < -0.4 is 10.6 Å². The predicted molar refractivity (Wildman–Crippen MR) is 69.8 cm³/mol. The lowest BCUT2D eigenvalue weighted by atomic mass is 10.2. The topological polar surface area (TPSA) is 84.0 Å². The Morgan fingerprint density at radius 1 is 1.05 bits per heavy atom. The molecule has 0 radical (unpaired) electrons. The van der Waals surface area contributed by atoms with Gasteiger partial charge in [-0.1, -0.05) is 6.07 Å². The Labute approximate surface area is 109 Å². The zero-order valence-electron chi connectivity index (χ0n) is 10.3. The van der Waals surface area contributed by atoms with Gasteiger partial charge >= 0.3 is 0 Å². The number of nitrogens with zero attached hydrogens (tertiary/aromatic N) is 2. The maximum atomic E-state index is 11.9. The number of rotatable bonds is 3. The standard InChI is InChI=1S/C13H12N4O2/c1-14-12(18)9-3-2-4-11(5-9)17-13(19)10-6-15-8-16-7-10/h2-8H,1H3,(H,14,18)(H,17,19). The van der Waals surface area contributed by atoms with E-state index in [4.69, 9.17) is 0 Å². The maximum Gasteiger partial charge on any atom is 0.258 e. The molecule has 2 N–H and O–H groups in total. The quantitative estimate of drug-likeness (QED) is 0.861. The van der Waals surface area contributed by atoms with Crippen molar-refractivity contribution >= 4 is 17.5 Å². The fourth-order valence-corrected chi connectivity index (χ4v) is 1.50. The fourth-order valence-electron chi connectivity index (χ4n) is 1.50. The Bertz CT molecular complexity index is 599. The molecule has 1 aromatic heterocycles. The van der Waals surface area contributed by atoms with Crippen molar-refractivity contribution in [1.29, 1.82) is 0 Å². The van der Waals surface area contributed by atoms with Gasteiger partial charge in [0.2, 0.25) is 0 Å². The average molecular weight is 256 g/mol. The molecule has 1 heterocycles. The van der Waals surface area contributed by atoms with Crippen molar-refractivity contribution in [2.24, 2.45) is 0 Å². The van der Waals surface area contributed by atoms with Crippen LogP contribution in [0.25, 0.3) is 0 Å². The van der Waals surface area contributed by atoms with E-state index in [0.29, 0.717) is 16.8 Å². The summed E-state index contributed by atoms with van der Waals surface area (Å²) in [4.78, 5) is 30.9. The molecule has 1 aromatic carbocycles. The highest BCUT2D eigenvalue weighted by molar-refractivity contribution is 6.04. The van der Waals surface area contributed by atoms with Crippen molar-refractivity contribution in [3.8, 4) is 0 Å². The molecular weight excluding hydrogens is 244 g/mol. The third-order valence-electron chi connectivity index (χ3n) is 2.43. The Balaban J connectivity index is 2.16. The minimum absolute atomic E-state index is 0.209. The van der Waals surface area contributed by atoms with E-state index in [9.17, 15) is 9.59 Å². The van der Waals surface area contributed by atoms with Gasteiger partial charge in [0.15, 0.2) is 0 Å². The van der Waals surface area contributed by atoms with Crippen LogP contribution in [0.1, 0.15) is 20.7 Å². The summed E-state index contributed by atoms with van der Waals surface area (Å²) in [5.41, 5.74) is 1.37. The minimum Gasteiger partial charge on any atom is -0.355 e. The van der Waals surface area contributed by atoms with Crippen LogP contribution >= 0.6 is 0 Å². The van der Waals surface area contributed by atoms with Gasteiger partial charge in [-0.3, -0.25) is 9.59 Å². The largest absolute Gasteiger partial charge is 0.355 e. The molecule has 96 valence electrons. The molecule has 0 spiro atoms. The second kappa shape index (κ2) is 5.72. The minimum atomic E-state index is -0.324. The van der Waals surface area contributed by atoms with E-state index in [2.05, 4.69) is 20.6 Å². The van der Waals surface area contributed by atoms with E-state index >= 15 is 0 Å². The number of nitrogens with one attached hydrogen (secondary N) is 2. The molecular formula is C13H12N4O2. The number of hydrogen-bond donors (Lipinski definition) is 2. The highest BCUT2D eigenvalue weighted by Crippen LogP contribution is 2.11. The van der Waals surface area contributed by atoms with Crippen LogP contribution in [0.5, 0.6) is 0 Å². The van der Waals surface area contributed by atoms with Gasteiger partial charge in [0.1, 0.15) is 6.33 Å². The highest BCUT2D eigenvalue weighted by Gasteiger charge is 2.08. The molecule has 0 unspecified atom stereocenters. The van der Waals surface area contributed by atoms with E-state index in [1.165, 1.54) is 18.7 Å². The van der Waals surface area contributed by atoms with E-state index in [1.54, 1.807) is 31.3 Å². The molecule has 0 bridgehead atoms. The number of amides is 2. The zero-order valence-corrected chi connectivity index (χ0v) is 10.3. The fraction of sp³-hybridized carbons (Fsp3) is 0.0769. The van der Waals surface area contributed by atoms with Crippen molar-refractivity contribution < 1.29 is 9.59 Å². The molecule has 0 saturated carbocycles. The molecule has 6 nitrogen and oxygen atoms in total. The van der Waals surface area contributed by atoms with Gasteiger partial charge in [0.25, 0.3) is 11.8 Å². The van der Waals surface area contributed by atoms with Crippen LogP contribution in [0.2, 0.25) is 0 Å². The second-order valence-electron chi connectivity index (χ2n) is 3.74. The summed E-state index contributed by atoms with van der Waals surface area (Å²) < 4.78 is 0. The summed E-state index contributed by atoms with van der Waals surface area (Å²) in [6.07, 6.45) is 4.19. The van der Waals surface area contributed by atoms with Crippen molar-refractivity contribution in [1.82, 2.24) is 15.3 Å². The van der Waals surface area contributed by atoms with Gasteiger partial charge in [0, 0.05) is 30.7 Å². The Kier molecular flexibility index (Phi) is 3.82. The van der Waals surface area contributed by atoms with Crippen LogP contribution in [0.4, 0.5) is 5.69 Å². The lowest BCUT2D eigenvalue weighted by molar-refractivity contribution is 0.0961. The molecule has 2 aromatic rings. The summed E-state index contributed by atoms with van der Waals surface area (Å²) in [6, 6.07) is 6.66. The summed E-state index contributed by atoms with van der Waals surface area (Å²) >= 11 is 0. The van der Waals surface area contributed by atoms with Crippen LogP contribution in [0.15, 0.2) is 43.0 Å². The van der Waals surface area contributed by atoms with Gasteiger partial charge in [0.05, 0.1) is 5.56 Å². The number of aromatic nitrogens is 2. The van der Waals surface area contributed by atoms with Gasteiger partial charge in [-0.25, -0.2) is 9.97 Å². The van der Waals surface area contributed by atoms with Crippen LogP contribution in [-0.2, 0) is 0 Å². The predicted octanol–water partition coefficient (Wildman–Crippen LogP) is 1.09. The van der Waals surface area contributed by atoms with E-state index < -0.39 is 0 Å². The number of anilines is 1. The van der Waals surface area contributed by atoms with Gasteiger partial charge in [-0.05, 0) is 18.2 Å². The lowest BCUT2D eigenvalue weighted by Crippen LogP contribution is -2.18.